The number of hydrogen-bond acceptors (Lipinski definition) is 3. The lowest BCUT2D eigenvalue weighted by Gasteiger charge is -2.39. The van der Waals surface area contributed by atoms with E-state index in [0.29, 0.717) is 5.56 Å². The average molecular weight is 276 g/mol. The van der Waals surface area contributed by atoms with Gasteiger partial charge in [-0.15, -0.1) is 0 Å². The largest absolute Gasteiger partial charge is 0.368 e. The van der Waals surface area contributed by atoms with E-state index < -0.39 is 0 Å². The molecule has 1 heterocycles. The first-order valence-electron chi connectivity index (χ1n) is 7.51. The number of rotatable bonds is 3. The van der Waals surface area contributed by atoms with Crippen molar-refractivity contribution < 1.29 is 9.18 Å². The number of aldehydes is 1. The third-order valence-corrected chi connectivity index (χ3v) is 4.61. The van der Waals surface area contributed by atoms with Crippen LogP contribution in [-0.4, -0.2) is 43.4 Å². The normalized spacial score (nSPS) is 21.4. The van der Waals surface area contributed by atoms with Crippen molar-refractivity contribution in [2.45, 2.75) is 31.7 Å². The van der Waals surface area contributed by atoms with E-state index in [-0.39, 0.29) is 5.82 Å². The molecule has 0 bridgehead atoms. The molecular weight excluding hydrogens is 255 g/mol. The number of nitrogens with zero attached hydrogens (tertiary/aromatic N) is 2. The molecule has 0 spiro atoms. The van der Waals surface area contributed by atoms with Gasteiger partial charge in [-0.25, -0.2) is 4.39 Å². The summed E-state index contributed by atoms with van der Waals surface area (Å²) in [6.45, 7) is 3.92. The maximum Gasteiger partial charge on any atom is 0.152 e. The minimum absolute atomic E-state index is 0.347. The van der Waals surface area contributed by atoms with Crippen LogP contribution in [0, 0.1) is 5.82 Å². The minimum atomic E-state index is -0.347. The summed E-state index contributed by atoms with van der Waals surface area (Å²) in [7, 11) is 0. The van der Waals surface area contributed by atoms with E-state index in [1.54, 1.807) is 6.07 Å². The van der Waals surface area contributed by atoms with Crippen LogP contribution in [-0.2, 0) is 0 Å². The second-order valence-corrected chi connectivity index (χ2v) is 5.78. The molecule has 1 saturated heterocycles. The van der Waals surface area contributed by atoms with E-state index in [0.717, 1.165) is 44.2 Å². The topological polar surface area (TPSA) is 23.6 Å². The molecule has 1 aliphatic heterocycles. The number of carbonyl (C=O) groups is 1. The van der Waals surface area contributed by atoms with Gasteiger partial charge in [-0.2, -0.15) is 0 Å². The zero-order valence-electron chi connectivity index (χ0n) is 11.7. The van der Waals surface area contributed by atoms with Gasteiger partial charge in [-0.1, -0.05) is 12.8 Å². The highest BCUT2D eigenvalue weighted by atomic mass is 19.1. The molecule has 1 saturated carbocycles. The first-order chi connectivity index (χ1) is 9.78. The fourth-order valence-electron chi connectivity index (χ4n) is 3.51. The Labute approximate surface area is 119 Å². The van der Waals surface area contributed by atoms with Crippen LogP contribution in [0.25, 0.3) is 0 Å². The van der Waals surface area contributed by atoms with Crippen molar-refractivity contribution >= 4 is 12.0 Å². The second kappa shape index (κ2) is 5.92. The zero-order chi connectivity index (χ0) is 13.9. The summed E-state index contributed by atoms with van der Waals surface area (Å²) in [5.74, 6) is -0.347. The number of piperazine rings is 1. The van der Waals surface area contributed by atoms with Crippen LogP contribution in [0.4, 0.5) is 10.1 Å². The molecule has 3 nitrogen and oxygen atoms in total. The molecule has 1 aromatic carbocycles. The molecule has 4 heteroatoms. The van der Waals surface area contributed by atoms with Crippen molar-refractivity contribution in [1.29, 1.82) is 0 Å². The zero-order valence-corrected chi connectivity index (χ0v) is 11.7. The molecule has 0 amide bonds. The molecule has 0 N–H and O–H groups in total. The molecule has 20 heavy (non-hydrogen) atoms. The second-order valence-electron chi connectivity index (χ2n) is 5.78. The Morgan fingerprint density at radius 3 is 2.45 bits per heavy atom. The highest BCUT2D eigenvalue weighted by Gasteiger charge is 2.26. The van der Waals surface area contributed by atoms with Gasteiger partial charge in [0.15, 0.2) is 6.29 Å². The summed E-state index contributed by atoms with van der Waals surface area (Å²) in [6, 6.07) is 5.25. The smallest absolute Gasteiger partial charge is 0.152 e. The predicted molar refractivity (Wildman–Crippen MR) is 77.8 cm³/mol. The molecular formula is C16H21FN2O. The van der Waals surface area contributed by atoms with E-state index in [9.17, 15) is 9.18 Å². The van der Waals surface area contributed by atoms with Crippen molar-refractivity contribution in [2.75, 3.05) is 31.1 Å². The SMILES string of the molecule is O=Cc1cc(F)ccc1N1CCN(C2CCCC2)CC1. The van der Waals surface area contributed by atoms with Gasteiger partial charge in [0.1, 0.15) is 5.82 Å². The van der Waals surface area contributed by atoms with Gasteiger partial charge >= 0.3 is 0 Å². The quantitative estimate of drug-likeness (QED) is 0.793. The van der Waals surface area contributed by atoms with Crippen molar-refractivity contribution in [3.05, 3.63) is 29.6 Å². The van der Waals surface area contributed by atoms with Crippen LogP contribution in [0.15, 0.2) is 18.2 Å². The Morgan fingerprint density at radius 2 is 1.80 bits per heavy atom. The Balaban J connectivity index is 1.67. The number of anilines is 1. The molecule has 0 atom stereocenters. The molecule has 108 valence electrons. The van der Waals surface area contributed by atoms with Crippen LogP contribution in [0.3, 0.4) is 0 Å². The van der Waals surface area contributed by atoms with Crippen molar-refractivity contribution in [2.24, 2.45) is 0 Å². The Hall–Kier alpha value is -1.42. The lowest BCUT2D eigenvalue weighted by Crippen LogP contribution is -2.50. The van der Waals surface area contributed by atoms with E-state index >= 15 is 0 Å². The number of halogens is 1. The number of carbonyl (C=O) groups excluding carboxylic acids is 1. The summed E-state index contributed by atoms with van der Waals surface area (Å²) < 4.78 is 13.2. The van der Waals surface area contributed by atoms with E-state index in [4.69, 9.17) is 0 Å². The van der Waals surface area contributed by atoms with Crippen LogP contribution >= 0.6 is 0 Å². The van der Waals surface area contributed by atoms with Gasteiger partial charge in [-0.05, 0) is 31.0 Å². The van der Waals surface area contributed by atoms with E-state index in [2.05, 4.69) is 9.80 Å². The van der Waals surface area contributed by atoms with Crippen molar-refractivity contribution in [1.82, 2.24) is 4.90 Å². The van der Waals surface area contributed by atoms with Gasteiger partial charge in [0.2, 0.25) is 0 Å². The molecule has 0 unspecified atom stereocenters. The van der Waals surface area contributed by atoms with Gasteiger partial charge < -0.3 is 4.90 Å². The average Bonchev–Trinajstić information content (AvgIpc) is 3.01. The maximum atomic E-state index is 13.2. The minimum Gasteiger partial charge on any atom is -0.368 e. The highest BCUT2D eigenvalue weighted by molar-refractivity contribution is 5.84. The fourth-order valence-corrected chi connectivity index (χ4v) is 3.51. The molecule has 2 aliphatic rings. The summed E-state index contributed by atoms with van der Waals surface area (Å²) in [6.07, 6.45) is 6.13. The number of hydrogen-bond donors (Lipinski definition) is 0. The van der Waals surface area contributed by atoms with E-state index in [1.807, 2.05) is 0 Å². The molecule has 3 rings (SSSR count). The third kappa shape index (κ3) is 2.70. The molecule has 0 aromatic heterocycles. The molecule has 0 radical (unpaired) electrons. The highest BCUT2D eigenvalue weighted by Crippen LogP contribution is 2.26. The van der Waals surface area contributed by atoms with Gasteiger partial charge in [0, 0.05) is 43.5 Å². The van der Waals surface area contributed by atoms with Gasteiger partial charge in [0.05, 0.1) is 0 Å². The fraction of sp³-hybridized carbons (Fsp3) is 0.562. The number of benzene rings is 1. The van der Waals surface area contributed by atoms with Gasteiger partial charge in [-0.3, -0.25) is 9.69 Å². The maximum absolute atomic E-state index is 13.2. The molecule has 2 fully saturated rings. The first kappa shape index (κ1) is 13.6. The standard InChI is InChI=1S/C16H21FN2O/c17-14-5-6-16(13(11-14)12-20)19-9-7-18(8-10-19)15-3-1-2-4-15/h5-6,11-12,15H,1-4,7-10H2. The lowest BCUT2D eigenvalue weighted by molar-refractivity contribution is 0.112. The summed E-state index contributed by atoms with van der Waals surface area (Å²) in [5, 5.41) is 0. The first-order valence-corrected chi connectivity index (χ1v) is 7.51. The summed E-state index contributed by atoms with van der Waals surface area (Å²) in [4.78, 5) is 15.9. The Bertz CT molecular complexity index is 477. The monoisotopic (exact) mass is 276 g/mol. The molecule has 1 aromatic rings. The molecule has 1 aliphatic carbocycles. The summed E-state index contributed by atoms with van der Waals surface area (Å²) in [5.41, 5.74) is 1.33. The van der Waals surface area contributed by atoms with Crippen LogP contribution in [0.5, 0.6) is 0 Å². The van der Waals surface area contributed by atoms with Crippen LogP contribution in [0.1, 0.15) is 36.0 Å². The Kier molecular flexibility index (Phi) is 4.01. The van der Waals surface area contributed by atoms with Crippen LogP contribution < -0.4 is 4.90 Å². The third-order valence-electron chi connectivity index (χ3n) is 4.61. The van der Waals surface area contributed by atoms with E-state index in [1.165, 1.54) is 37.8 Å². The van der Waals surface area contributed by atoms with Gasteiger partial charge in [0.25, 0.3) is 0 Å². The predicted octanol–water partition coefficient (Wildman–Crippen LogP) is 2.70. The van der Waals surface area contributed by atoms with Crippen molar-refractivity contribution in [3.8, 4) is 0 Å². The summed E-state index contributed by atoms with van der Waals surface area (Å²) >= 11 is 0. The van der Waals surface area contributed by atoms with Crippen LogP contribution in [0.2, 0.25) is 0 Å². The van der Waals surface area contributed by atoms with Crippen molar-refractivity contribution in [3.63, 3.8) is 0 Å². The lowest BCUT2D eigenvalue weighted by atomic mass is 10.1. The Morgan fingerprint density at radius 1 is 1.10 bits per heavy atom.